The van der Waals surface area contributed by atoms with Crippen LogP contribution >= 0.6 is 0 Å². The number of dihydropyridines is 1. The number of hydrogen-bond donors (Lipinski definition) is 1. The molecule has 0 atom stereocenters. The molecule has 6 heteroatoms. The van der Waals surface area contributed by atoms with E-state index in [9.17, 15) is 9.59 Å². The van der Waals surface area contributed by atoms with Crippen molar-refractivity contribution in [1.29, 1.82) is 0 Å². The van der Waals surface area contributed by atoms with Gasteiger partial charge in [0, 0.05) is 41.3 Å². The number of hydrogen-bond acceptors (Lipinski definition) is 6. The van der Waals surface area contributed by atoms with Gasteiger partial charge in [0.25, 0.3) is 0 Å². The number of carbonyl (C=O) groups excluding carboxylic acids is 2. The Morgan fingerprint density at radius 1 is 0.683 bits per heavy atom. The fraction of sp³-hybridized carbons (Fsp3) is 0.314. The molecule has 6 rings (SSSR count). The Labute approximate surface area is 241 Å². The first-order valence-electron chi connectivity index (χ1n) is 14.6. The van der Waals surface area contributed by atoms with Crippen LogP contribution in [0.5, 0.6) is 17.2 Å². The number of Topliss-reactive ketones (excluding diaryl/α,β-unsaturated/α-hetero) is 2. The Morgan fingerprint density at radius 2 is 1.34 bits per heavy atom. The third kappa shape index (κ3) is 5.78. The first-order valence-corrected chi connectivity index (χ1v) is 14.6. The highest BCUT2D eigenvalue weighted by Crippen LogP contribution is 2.45. The van der Waals surface area contributed by atoms with Crippen LogP contribution in [0, 0.1) is 0 Å². The summed E-state index contributed by atoms with van der Waals surface area (Å²) in [6, 6.07) is 23.8. The van der Waals surface area contributed by atoms with Crippen molar-refractivity contribution in [3.63, 3.8) is 0 Å². The zero-order valence-corrected chi connectivity index (χ0v) is 23.4. The quantitative estimate of drug-likeness (QED) is 0.312. The normalized spacial score (nSPS) is 17.1. The summed E-state index contributed by atoms with van der Waals surface area (Å²) in [6.07, 6.45) is 4.48. The number of benzene rings is 3. The molecule has 0 spiro atoms. The van der Waals surface area contributed by atoms with E-state index in [1.54, 1.807) is 0 Å². The molecule has 0 bridgehead atoms. The van der Waals surface area contributed by atoms with Crippen molar-refractivity contribution in [2.45, 2.75) is 64.6 Å². The first kappa shape index (κ1) is 26.9. The lowest BCUT2D eigenvalue weighted by atomic mass is 9.71. The third-order valence-corrected chi connectivity index (χ3v) is 7.96. The molecular formula is C35H35NO5. The van der Waals surface area contributed by atoms with Gasteiger partial charge < -0.3 is 19.5 Å². The van der Waals surface area contributed by atoms with Crippen LogP contribution in [0.25, 0.3) is 0 Å². The highest BCUT2D eigenvalue weighted by atomic mass is 16.5. The maximum absolute atomic E-state index is 13.1. The van der Waals surface area contributed by atoms with E-state index in [1.807, 2.05) is 79.7 Å². The molecule has 0 radical (unpaired) electrons. The van der Waals surface area contributed by atoms with E-state index in [0.717, 1.165) is 70.7 Å². The van der Waals surface area contributed by atoms with E-state index in [-0.39, 0.29) is 17.5 Å². The van der Waals surface area contributed by atoms with Crippen LogP contribution in [0.4, 0.5) is 0 Å². The fourth-order valence-corrected chi connectivity index (χ4v) is 6.00. The molecule has 0 aromatic heterocycles. The molecule has 0 saturated heterocycles. The second-order valence-electron chi connectivity index (χ2n) is 10.7. The second-order valence-corrected chi connectivity index (χ2v) is 10.7. The second kappa shape index (κ2) is 12.0. The van der Waals surface area contributed by atoms with Crippen molar-refractivity contribution in [2.75, 3.05) is 6.61 Å². The molecule has 2 aliphatic carbocycles. The monoisotopic (exact) mass is 549 g/mol. The summed E-state index contributed by atoms with van der Waals surface area (Å²) in [7, 11) is 0. The van der Waals surface area contributed by atoms with E-state index < -0.39 is 0 Å². The van der Waals surface area contributed by atoms with Gasteiger partial charge in [-0.05, 0) is 73.6 Å². The maximum atomic E-state index is 13.1. The van der Waals surface area contributed by atoms with Crippen LogP contribution in [0.3, 0.4) is 0 Å². The smallest absolute Gasteiger partial charge is 0.161 e. The molecular weight excluding hydrogens is 514 g/mol. The van der Waals surface area contributed by atoms with Crippen molar-refractivity contribution < 1.29 is 23.8 Å². The van der Waals surface area contributed by atoms with Gasteiger partial charge in [0.05, 0.1) is 6.61 Å². The predicted octanol–water partition coefficient (Wildman–Crippen LogP) is 6.94. The summed E-state index contributed by atoms with van der Waals surface area (Å²) in [5.74, 6) is 2.10. The standard InChI is InChI=1S/C35H35NO5/c1-2-39-32-20-24(14-19-31(32)41-21-23-8-4-3-5-9-23)22-40-26-17-15-25(16-18-26)33-34-27(10-6-12-29(34)37)36-28-11-7-13-30(38)35(28)33/h3-5,8-9,14-20,33,36H,2,6-7,10-13,21-22H2,1H3. The lowest BCUT2D eigenvalue weighted by Crippen LogP contribution is -2.36. The van der Waals surface area contributed by atoms with Gasteiger partial charge in [0.2, 0.25) is 0 Å². The summed E-state index contributed by atoms with van der Waals surface area (Å²) in [6.45, 7) is 3.32. The molecule has 3 aromatic rings. The third-order valence-electron chi connectivity index (χ3n) is 7.96. The average Bonchev–Trinajstić information content (AvgIpc) is 3.00. The SMILES string of the molecule is CCOc1cc(COc2ccc(C3C4=C(CCCC4=O)NC4=C3C(=O)CCC4)cc2)ccc1OCc1ccccc1. The molecule has 0 fully saturated rings. The molecule has 3 aromatic carbocycles. The summed E-state index contributed by atoms with van der Waals surface area (Å²) in [4.78, 5) is 26.1. The average molecular weight is 550 g/mol. The molecule has 1 heterocycles. The van der Waals surface area contributed by atoms with Gasteiger partial charge in [-0.2, -0.15) is 0 Å². The number of ether oxygens (including phenoxy) is 3. The molecule has 1 N–H and O–H groups in total. The van der Waals surface area contributed by atoms with Gasteiger partial charge in [-0.1, -0.05) is 48.5 Å². The van der Waals surface area contributed by atoms with Crippen molar-refractivity contribution in [2.24, 2.45) is 0 Å². The summed E-state index contributed by atoms with van der Waals surface area (Å²) >= 11 is 0. The zero-order chi connectivity index (χ0) is 28.2. The minimum atomic E-state index is -0.298. The van der Waals surface area contributed by atoms with Crippen LogP contribution in [-0.2, 0) is 22.8 Å². The first-order chi connectivity index (χ1) is 20.1. The Hall–Kier alpha value is -4.32. The van der Waals surface area contributed by atoms with E-state index in [4.69, 9.17) is 14.2 Å². The number of rotatable bonds is 9. The molecule has 41 heavy (non-hydrogen) atoms. The summed E-state index contributed by atoms with van der Waals surface area (Å²) in [5, 5.41) is 3.48. The highest BCUT2D eigenvalue weighted by molar-refractivity contribution is 6.06. The van der Waals surface area contributed by atoms with Gasteiger partial charge in [0.1, 0.15) is 19.0 Å². The fourth-order valence-electron chi connectivity index (χ4n) is 6.00. The Morgan fingerprint density at radius 3 is 2.00 bits per heavy atom. The number of allylic oxidation sites excluding steroid dienone is 4. The van der Waals surface area contributed by atoms with Gasteiger partial charge in [-0.25, -0.2) is 0 Å². The topological polar surface area (TPSA) is 73.9 Å². The number of ketones is 2. The molecule has 6 nitrogen and oxygen atoms in total. The predicted molar refractivity (Wildman–Crippen MR) is 157 cm³/mol. The lowest BCUT2D eigenvalue weighted by Gasteiger charge is -2.37. The summed E-state index contributed by atoms with van der Waals surface area (Å²) in [5.41, 5.74) is 6.57. The van der Waals surface area contributed by atoms with Crippen LogP contribution in [-0.4, -0.2) is 18.2 Å². The van der Waals surface area contributed by atoms with Gasteiger partial charge >= 0.3 is 0 Å². The molecule has 3 aliphatic rings. The van der Waals surface area contributed by atoms with E-state index in [1.165, 1.54) is 0 Å². The molecule has 0 amide bonds. The molecule has 0 saturated carbocycles. The molecule has 1 aliphatic heterocycles. The van der Waals surface area contributed by atoms with E-state index >= 15 is 0 Å². The van der Waals surface area contributed by atoms with E-state index in [2.05, 4.69) is 5.32 Å². The Balaban J connectivity index is 1.17. The van der Waals surface area contributed by atoms with Crippen molar-refractivity contribution in [3.8, 4) is 17.2 Å². The highest BCUT2D eigenvalue weighted by Gasteiger charge is 2.40. The maximum Gasteiger partial charge on any atom is 0.161 e. The molecule has 0 unspecified atom stereocenters. The number of nitrogens with one attached hydrogen (secondary N) is 1. The molecule has 210 valence electrons. The van der Waals surface area contributed by atoms with Crippen LogP contribution in [0.15, 0.2) is 95.3 Å². The van der Waals surface area contributed by atoms with Gasteiger partial charge in [-0.3, -0.25) is 9.59 Å². The van der Waals surface area contributed by atoms with Crippen LogP contribution in [0.1, 0.15) is 68.1 Å². The minimum Gasteiger partial charge on any atom is -0.490 e. The van der Waals surface area contributed by atoms with Crippen molar-refractivity contribution in [3.05, 3.63) is 112 Å². The van der Waals surface area contributed by atoms with E-state index in [0.29, 0.717) is 44.2 Å². The van der Waals surface area contributed by atoms with Crippen molar-refractivity contribution in [1.82, 2.24) is 5.32 Å². The summed E-state index contributed by atoms with van der Waals surface area (Å²) < 4.78 is 18.0. The number of carbonyl (C=O) groups is 2. The Kier molecular flexibility index (Phi) is 7.90. The van der Waals surface area contributed by atoms with Crippen LogP contribution < -0.4 is 19.5 Å². The minimum absolute atomic E-state index is 0.148. The van der Waals surface area contributed by atoms with Gasteiger partial charge in [0.15, 0.2) is 23.1 Å². The Bertz CT molecular complexity index is 1460. The van der Waals surface area contributed by atoms with Crippen LogP contribution in [0.2, 0.25) is 0 Å². The van der Waals surface area contributed by atoms with Crippen molar-refractivity contribution >= 4 is 11.6 Å². The zero-order valence-electron chi connectivity index (χ0n) is 23.4. The lowest BCUT2D eigenvalue weighted by molar-refractivity contribution is -0.116. The largest absolute Gasteiger partial charge is 0.490 e. The van der Waals surface area contributed by atoms with Gasteiger partial charge in [-0.15, -0.1) is 0 Å².